The fourth-order valence-corrected chi connectivity index (χ4v) is 2.22. The van der Waals surface area contributed by atoms with Crippen LogP contribution in [0, 0.1) is 10.7 Å². The molecular formula is C12H9FN2O2S. The van der Waals surface area contributed by atoms with E-state index in [-0.39, 0.29) is 5.69 Å². The number of anilines is 1. The molecule has 0 aromatic heterocycles. The average molecular weight is 264 g/mol. The number of hydrogen-bond donors (Lipinski definition) is 1. The molecule has 0 fully saturated rings. The maximum Gasteiger partial charge on any atom is 0.152 e. The number of nitroso groups, excluding NO2 is 1. The van der Waals surface area contributed by atoms with Gasteiger partial charge in [-0.15, -0.1) is 4.91 Å². The van der Waals surface area contributed by atoms with Crippen molar-refractivity contribution in [2.45, 2.75) is 4.90 Å². The maximum absolute atomic E-state index is 13.0. The monoisotopic (exact) mass is 264 g/mol. The molecule has 2 aromatic rings. The summed E-state index contributed by atoms with van der Waals surface area (Å²) >= 11 is 0. The van der Waals surface area contributed by atoms with Gasteiger partial charge in [0.2, 0.25) is 0 Å². The molecule has 0 aliphatic rings. The molecule has 1 N–H and O–H groups in total. The van der Waals surface area contributed by atoms with Crippen molar-refractivity contribution in [3.8, 4) is 0 Å². The summed E-state index contributed by atoms with van der Waals surface area (Å²) in [5.41, 5.74) is 0.0539. The summed E-state index contributed by atoms with van der Waals surface area (Å²) in [5, 5.41) is 2.55. The molecule has 0 radical (unpaired) electrons. The smallest absolute Gasteiger partial charge is 0.152 e. The molecule has 2 aromatic carbocycles. The summed E-state index contributed by atoms with van der Waals surface area (Å²) in [6.07, 6.45) is 0. The zero-order valence-electron chi connectivity index (χ0n) is 9.17. The molecule has 0 aliphatic carbocycles. The number of rotatable bonds is 4. The second kappa shape index (κ2) is 5.50. The van der Waals surface area contributed by atoms with Crippen LogP contribution in [0.15, 0.2) is 58.6 Å². The Morgan fingerprint density at radius 3 is 2.50 bits per heavy atom. The van der Waals surface area contributed by atoms with Gasteiger partial charge in [0.25, 0.3) is 0 Å². The van der Waals surface area contributed by atoms with Crippen molar-refractivity contribution < 1.29 is 8.60 Å². The highest BCUT2D eigenvalue weighted by atomic mass is 32.2. The quantitative estimate of drug-likeness (QED) is 0.861. The lowest BCUT2D eigenvalue weighted by Crippen LogP contribution is -2.04. The van der Waals surface area contributed by atoms with E-state index in [2.05, 4.69) is 9.90 Å². The summed E-state index contributed by atoms with van der Waals surface area (Å²) in [5.74, 6) is -0.707. The van der Waals surface area contributed by atoms with Crippen molar-refractivity contribution in [3.63, 3.8) is 0 Å². The van der Waals surface area contributed by atoms with Crippen LogP contribution in [0.25, 0.3) is 0 Å². The highest BCUT2D eigenvalue weighted by Gasteiger charge is 2.07. The summed E-state index contributed by atoms with van der Waals surface area (Å²) < 4.78 is 27.6. The first-order chi connectivity index (χ1) is 8.70. The van der Waals surface area contributed by atoms with Crippen LogP contribution in [-0.4, -0.2) is 4.21 Å². The van der Waals surface area contributed by atoms with Gasteiger partial charge >= 0.3 is 0 Å². The number of hydrogen-bond acceptors (Lipinski definition) is 3. The van der Waals surface area contributed by atoms with Gasteiger partial charge in [-0.25, -0.2) is 8.60 Å². The predicted molar refractivity (Wildman–Crippen MR) is 68.3 cm³/mol. The Bertz CT molecular complexity index is 590. The second-order valence-electron chi connectivity index (χ2n) is 3.44. The maximum atomic E-state index is 13.0. The molecule has 0 saturated carbocycles. The fraction of sp³-hybridized carbons (Fsp3) is 0. The van der Waals surface area contributed by atoms with E-state index in [1.54, 1.807) is 24.3 Å². The fourth-order valence-electron chi connectivity index (χ4n) is 1.36. The van der Waals surface area contributed by atoms with Gasteiger partial charge in [0.1, 0.15) is 16.7 Å². The third-order valence-corrected chi connectivity index (χ3v) is 3.33. The van der Waals surface area contributed by atoms with Crippen molar-refractivity contribution in [2.24, 2.45) is 5.18 Å². The minimum atomic E-state index is -1.47. The number of nitrogens with zero attached hydrogens (tertiary/aromatic N) is 1. The molecule has 4 nitrogen and oxygen atoms in total. The van der Waals surface area contributed by atoms with Gasteiger partial charge in [-0.3, -0.25) is 0 Å². The first-order valence-electron chi connectivity index (χ1n) is 5.07. The van der Waals surface area contributed by atoms with Gasteiger partial charge < -0.3 is 4.72 Å². The van der Waals surface area contributed by atoms with Crippen LogP contribution in [0.3, 0.4) is 0 Å². The first kappa shape index (κ1) is 12.4. The summed E-state index contributed by atoms with van der Waals surface area (Å²) in [7, 11) is -1.47. The molecule has 0 heterocycles. The Morgan fingerprint density at radius 2 is 1.83 bits per heavy atom. The van der Waals surface area contributed by atoms with E-state index in [1.165, 1.54) is 12.1 Å². The van der Waals surface area contributed by atoms with E-state index >= 15 is 0 Å². The predicted octanol–water partition coefficient (Wildman–Crippen LogP) is 3.36. The van der Waals surface area contributed by atoms with Gasteiger partial charge in [-0.1, -0.05) is 18.2 Å². The van der Waals surface area contributed by atoms with Crippen LogP contribution < -0.4 is 4.72 Å². The van der Waals surface area contributed by atoms with Gasteiger partial charge in [0.05, 0.1) is 4.90 Å². The van der Waals surface area contributed by atoms with E-state index in [9.17, 15) is 13.5 Å². The largest absolute Gasteiger partial charge is 0.301 e. The lowest BCUT2D eigenvalue weighted by Gasteiger charge is -2.06. The normalized spacial score (nSPS) is 11.8. The van der Waals surface area contributed by atoms with Crippen LogP contribution in [0.4, 0.5) is 15.8 Å². The zero-order valence-corrected chi connectivity index (χ0v) is 9.99. The Balaban J connectivity index is 2.20. The Hall–Kier alpha value is -2.08. The van der Waals surface area contributed by atoms with Crippen LogP contribution in [-0.2, 0) is 11.0 Å². The lowest BCUT2D eigenvalue weighted by atomic mass is 10.3. The highest BCUT2D eigenvalue weighted by molar-refractivity contribution is 7.86. The van der Waals surface area contributed by atoms with Gasteiger partial charge in [0, 0.05) is 5.69 Å². The second-order valence-corrected chi connectivity index (χ2v) is 4.65. The third-order valence-electron chi connectivity index (χ3n) is 2.21. The Kier molecular flexibility index (Phi) is 3.78. The molecule has 0 aliphatic heterocycles. The molecule has 92 valence electrons. The molecule has 0 bridgehead atoms. The molecule has 2 rings (SSSR count). The Morgan fingerprint density at radius 1 is 1.11 bits per heavy atom. The van der Waals surface area contributed by atoms with E-state index in [1.807, 2.05) is 6.07 Å². The highest BCUT2D eigenvalue weighted by Crippen LogP contribution is 2.23. The minimum absolute atomic E-state index is 0.315. The minimum Gasteiger partial charge on any atom is -0.301 e. The van der Waals surface area contributed by atoms with Crippen LogP contribution in [0.2, 0.25) is 0 Å². The van der Waals surface area contributed by atoms with E-state index in [0.29, 0.717) is 10.6 Å². The van der Waals surface area contributed by atoms with Crippen LogP contribution in [0.5, 0.6) is 0 Å². The standard InChI is InChI=1S/C12H9FN2O2S/c13-11-7-6-9(8-12(11)14-16)15-18(17)10-4-2-1-3-5-10/h1-8,15H. The first-order valence-corrected chi connectivity index (χ1v) is 6.22. The summed E-state index contributed by atoms with van der Waals surface area (Å²) in [6, 6.07) is 12.4. The number of nitrogens with one attached hydrogen (secondary N) is 1. The van der Waals surface area contributed by atoms with Crippen molar-refractivity contribution in [2.75, 3.05) is 4.72 Å². The lowest BCUT2D eigenvalue weighted by molar-refractivity contribution is 0.630. The molecule has 1 atom stereocenters. The molecule has 1 unspecified atom stereocenters. The van der Waals surface area contributed by atoms with Crippen molar-refractivity contribution >= 4 is 22.4 Å². The number of halogens is 1. The topological polar surface area (TPSA) is 58.5 Å². The molecule has 18 heavy (non-hydrogen) atoms. The van der Waals surface area contributed by atoms with Crippen molar-refractivity contribution in [1.82, 2.24) is 0 Å². The van der Waals surface area contributed by atoms with Crippen LogP contribution >= 0.6 is 0 Å². The molecule has 0 amide bonds. The Labute approximate surface area is 105 Å². The summed E-state index contributed by atoms with van der Waals surface area (Å²) in [6.45, 7) is 0. The molecule has 6 heteroatoms. The average Bonchev–Trinajstić information content (AvgIpc) is 2.42. The van der Waals surface area contributed by atoms with Gasteiger partial charge in [-0.2, -0.15) is 0 Å². The SMILES string of the molecule is O=Nc1cc(NS(=O)c2ccccc2)ccc1F. The van der Waals surface area contributed by atoms with Crippen molar-refractivity contribution in [3.05, 3.63) is 59.3 Å². The van der Waals surface area contributed by atoms with E-state index < -0.39 is 16.8 Å². The van der Waals surface area contributed by atoms with Gasteiger partial charge in [0.15, 0.2) is 5.82 Å². The van der Waals surface area contributed by atoms with Crippen LogP contribution in [0.1, 0.15) is 0 Å². The summed E-state index contributed by atoms with van der Waals surface area (Å²) in [4.78, 5) is 10.9. The van der Waals surface area contributed by atoms with Gasteiger partial charge in [-0.05, 0) is 35.5 Å². The zero-order chi connectivity index (χ0) is 13.0. The number of benzene rings is 2. The third kappa shape index (κ3) is 2.78. The van der Waals surface area contributed by atoms with E-state index in [4.69, 9.17) is 0 Å². The van der Waals surface area contributed by atoms with Crippen molar-refractivity contribution in [1.29, 1.82) is 0 Å². The molecule has 0 saturated heterocycles. The van der Waals surface area contributed by atoms with E-state index in [0.717, 1.165) is 6.07 Å². The molecular weight excluding hydrogens is 255 g/mol. The molecule has 0 spiro atoms.